The Morgan fingerprint density at radius 2 is 2.16 bits per heavy atom. The number of anilines is 1. The SMILES string of the molecule is Cc1cc(N2C(=O)CSC2=Nc2ccccc2)no1. The van der Waals surface area contributed by atoms with Crippen molar-refractivity contribution in [3.05, 3.63) is 42.2 Å². The van der Waals surface area contributed by atoms with E-state index in [1.165, 1.54) is 16.7 Å². The molecule has 1 saturated heterocycles. The van der Waals surface area contributed by atoms with Crippen molar-refractivity contribution < 1.29 is 9.32 Å². The number of aromatic nitrogens is 1. The molecule has 2 heterocycles. The lowest BCUT2D eigenvalue weighted by atomic mass is 10.3. The number of carbonyl (C=O) groups excluding carboxylic acids is 1. The van der Waals surface area contributed by atoms with Crippen LogP contribution in [0.15, 0.2) is 45.9 Å². The number of nitrogens with zero attached hydrogens (tertiary/aromatic N) is 3. The molecule has 3 rings (SSSR count). The van der Waals surface area contributed by atoms with Crippen LogP contribution in [0.25, 0.3) is 0 Å². The largest absolute Gasteiger partial charge is 0.360 e. The van der Waals surface area contributed by atoms with Crippen LogP contribution in [-0.4, -0.2) is 22.0 Å². The average Bonchev–Trinajstić information content (AvgIpc) is 2.97. The summed E-state index contributed by atoms with van der Waals surface area (Å²) in [7, 11) is 0. The molecule has 0 saturated carbocycles. The van der Waals surface area contributed by atoms with Gasteiger partial charge in [-0.1, -0.05) is 35.1 Å². The normalized spacial score (nSPS) is 17.4. The van der Waals surface area contributed by atoms with Gasteiger partial charge in [-0.15, -0.1) is 0 Å². The highest BCUT2D eigenvalue weighted by Crippen LogP contribution is 2.28. The maximum Gasteiger partial charge on any atom is 0.244 e. The van der Waals surface area contributed by atoms with Gasteiger partial charge in [-0.2, -0.15) is 0 Å². The summed E-state index contributed by atoms with van der Waals surface area (Å²) in [5.41, 5.74) is 0.810. The van der Waals surface area contributed by atoms with Crippen LogP contribution in [0.2, 0.25) is 0 Å². The maximum absolute atomic E-state index is 11.9. The number of aliphatic imine (C=N–C) groups is 1. The Hall–Kier alpha value is -2.08. The summed E-state index contributed by atoms with van der Waals surface area (Å²) in [4.78, 5) is 17.9. The van der Waals surface area contributed by atoms with E-state index in [0.29, 0.717) is 22.5 Å². The number of amides is 1. The summed E-state index contributed by atoms with van der Waals surface area (Å²) in [5, 5.41) is 4.51. The van der Waals surface area contributed by atoms with Gasteiger partial charge in [-0.25, -0.2) is 9.89 Å². The minimum absolute atomic E-state index is 0.0343. The number of benzene rings is 1. The highest BCUT2D eigenvalue weighted by Gasteiger charge is 2.31. The molecule has 1 fully saturated rings. The van der Waals surface area contributed by atoms with Crippen LogP contribution in [0.5, 0.6) is 0 Å². The average molecular weight is 273 g/mol. The molecule has 1 aliphatic rings. The van der Waals surface area contributed by atoms with Gasteiger partial charge in [0.15, 0.2) is 11.0 Å². The Labute approximate surface area is 114 Å². The first kappa shape index (κ1) is 12.0. The molecule has 0 radical (unpaired) electrons. The molecule has 0 atom stereocenters. The van der Waals surface area contributed by atoms with E-state index in [4.69, 9.17) is 4.52 Å². The first-order valence-electron chi connectivity index (χ1n) is 5.77. The van der Waals surface area contributed by atoms with E-state index in [1.807, 2.05) is 30.3 Å². The van der Waals surface area contributed by atoms with Crippen molar-refractivity contribution in [1.82, 2.24) is 5.16 Å². The van der Waals surface area contributed by atoms with Crippen molar-refractivity contribution in [2.24, 2.45) is 4.99 Å². The smallest absolute Gasteiger partial charge is 0.244 e. The second-order valence-corrected chi connectivity index (χ2v) is 4.99. The van der Waals surface area contributed by atoms with E-state index in [0.717, 1.165) is 5.69 Å². The third-order valence-corrected chi connectivity index (χ3v) is 3.51. The summed E-state index contributed by atoms with van der Waals surface area (Å²) < 4.78 is 5.02. The van der Waals surface area contributed by atoms with Gasteiger partial charge in [0, 0.05) is 6.07 Å². The van der Waals surface area contributed by atoms with Gasteiger partial charge < -0.3 is 4.52 Å². The van der Waals surface area contributed by atoms with E-state index in [2.05, 4.69) is 10.1 Å². The number of thioether (sulfide) groups is 1. The van der Waals surface area contributed by atoms with E-state index in [1.54, 1.807) is 13.0 Å². The van der Waals surface area contributed by atoms with Crippen molar-refractivity contribution in [3.63, 3.8) is 0 Å². The molecule has 5 nitrogen and oxygen atoms in total. The zero-order chi connectivity index (χ0) is 13.2. The summed E-state index contributed by atoms with van der Waals surface area (Å²) in [5.74, 6) is 1.49. The third kappa shape index (κ3) is 2.39. The second-order valence-electron chi connectivity index (χ2n) is 4.04. The minimum atomic E-state index is -0.0343. The molecular formula is C13H11N3O2S. The van der Waals surface area contributed by atoms with Gasteiger partial charge in [-0.3, -0.25) is 4.79 Å². The zero-order valence-corrected chi connectivity index (χ0v) is 11.1. The molecule has 1 aromatic carbocycles. The number of rotatable bonds is 2. The Bertz CT molecular complexity index is 636. The van der Waals surface area contributed by atoms with Crippen molar-refractivity contribution in [3.8, 4) is 0 Å². The Kier molecular flexibility index (Phi) is 3.08. The standard InChI is InChI=1S/C13H11N3O2S/c1-9-7-11(15-18-9)16-12(17)8-19-13(16)14-10-5-3-2-4-6-10/h2-7H,8H2,1H3. The lowest BCUT2D eigenvalue weighted by Crippen LogP contribution is -2.29. The zero-order valence-electron chi connectivity index (χ0n) is 10.2. The lowest BCUT2D eigenvalue weighted by molar-refractivity contribution is -0.115. The van der Waals surface area contributed by atoms with Crippen LogP contribution < -0.4 is 4.90 Å². The molecule has 0 N–H and O–H groups in total. The molecule has 0 bridgehead atoms. The summed E-state index contributed by atoms with van der Waals surface area (Å²) >= 11 is 1.40. The molecule has 2 aromatic rings. The number of hydrogen-bond donors (Lipinski definition) is 0. The molecule has 0 unspecified atom stereocenters. The number of para-hydroxylation sites is 1. The van der Waals surface area contributed by atoms with Gasteiger partial charge in [0.1, 0.15) is 5.76 Å². The van der Waals surface area contributed by atoms with Crippen molar-refractivity contribution >= 4 is 34.3 Å². The first-order valence-corrected chi connectivity index (χ1v) is 6.75. The van der Waals surface area contributed by atoms with Crippen LogP contribution >= 0.6 is 11.8 Å². The molecule has 0 aliphatic carbocycles. The summed E-state index contributed by atoms with van der Waals surface area (Å²) in [6, 6.07) is 11.3. The predicted molar refractivity (Wildman–Crippen MR) is 74.7 cm³/mol. The van der Waals surface area contributed by atoms with Crippen LogP contribution in [0.1, 0.15) is 5.76 Å². The fraction of sp³-hybridized carbons (Fsp3) is 0.154. The molecule has 96 valence electrons. The van der Waals surface area contributed by atoms with Crippen LogP contribution in [0.4, 0.5) is 11.5 Å². The molecule has 1 aromatic heterocycles. The Balaban J connectivity index is 1.97. The highest BCUT2D eigenvalue weighted by molar-refractivity contribution is 8.15. The molecular weight excluding hydrogens is 262 g/mol. The topological polar surface area (TPSA) is 58.7 Å². The van der Waals surface area contributed by atoms with E-state index >= 15 is 0 Å². The van der Waals surface area contributed by atoms with Crippen molar-refractivity contribution in [2.45, 2.75) is 6.92 Å². The summed E-state index contributed by atoms with van der Waals surface area (Å²) in [6.45, 7) is 1.79. The monoisotopic (exact) mass is 273 g/mol. The maximum atomic E-state index is 11.9. The van der Waals surface area contributed by atoms with E-state index in [9.17, 15) is 4.79 Å². The van der Waals surface area contributed by atoms with Crippen molar-refractivity contribution in [1.29, 1.82) is 0 Å². The van der Waals surface area contributed by atoms with Crippen LogP contribution in [0, 0.1) is 6.92 Å². The minimum Gasteiger partial charge on any atom is -0.360 e. The molecule has 1 amide bonds. The van der Waals surface area contributed by atoms with Gasteiger partial charge in [0.25, 0.3) is 0 Å². The van der Waals surface area contributed by atoms with Gasteiger partial charge in [0.2, 0.25) is 5.91 Å². The fourth-order valence-corrected chi connectivity index (χ4v) is 2.62. The highest BCUT2D eigenvalue weighted by atomic mass is 32.2. The van der Waals surface area contributed by atoms with Crippen LogP contribution in [0.3, 0.4) is 0 Å². The van der Waals surface area contributed by atoms with Gasteiger partial charge in [0.05, 0.1) is 11.4 Å². The fourth-order valence-electron chi connectivity index (χ4n) is 1.74. The molecule has 6 heteroatoms. The summed E-state index contributed by atoms with van der Waals surface area (Å²) in [6.07, 6.45) is 0. The van der Waals surface area contributed by atoms with E-state index in [-0.39, 0.29) is 5.91 Å². The number of aryl methyl sites for hydroxylation is 1. The van der Waals surface area contributed by atoms with Crippen molar-refractivity contribution in [2.75, 3.05) is 10.7 Å². The first-order chi connectivity index (χ1) is 9.24. The lowest BCUT2D eigenvalue weighted by Gasteiger charge is -2.11. The van der Waals surface area contributed by atoms with Gasteiger partial charge >= 0.3 is 0 Å². The van der Waals surface area contributed by atoms with Gasteiger partial charge in [-0.05, 0) is 19.1 Å². The molecule has 1 aliphatic heterocycles. The molecule has 0 spiro atoms. The third-order valence-electron chi connectivity index (χ3n) is 2.59. The molecule has 19 heavy (non-hydrogen) atoms. The Morgan fingerprint density at radius 3 is 2.84 bits per heavy atom. The Morgan fingerprint density at radius 1 is 1.37 bits per heavy atom. The quantitative estimate of drug-likeness (QED) is 0.844. The number of hydrogen-bond acceptors (Lipinski definition) is 5. The van der Waals surface area contributed by atoms with Crippen LogP contribution in [-0.2, 0) is 4.79 Å². The second kappa shape index (κ2) is 4.89. The number of amidine groups is 1. The van der Waals surface area contributed by atoms with E-state index < -0.39 is 0 Å². The number of carbonyl (C=O) groups is 1. The predicted octanol–water partition coefficient (Wildman–Crippen LogP) is 2.75.